The number of H-pyrrole nitrogens is 1. The van der Waals surface area contributed by atoms with Crippen LogP contribution in [-0.4, -0.2) is 48.4 Å². The Morgan fingerprint density at radius 1 is 1.28 bits per heavy atom. The molecule has 0 spiro atoms. The molecule has 3 N–H and O–H groups in total. The van der Waals surface area contributed by atoms with Gasteiger partial charge in [0.05, 0.1) is 16.8 Å². The van der Waals surface area contributed by atoms with Gasteiger partial charge in [0, 0.05) is 48.7 Å². The van der Waals surface area contributed by atoms with E-state index in [0.29, 0.717) is 28.9 Å². The lowest BCUT2D eigenvalue weighted by atomic mass is 9.94. The number of aromatic nitrogens is 2. The molecular formula is C23H24ClFN6O. The Morgan fingerprint density at radius 3 is 2.75 bits per heavy atom. The summed E-state index contributed by atoms with van der Waals surface area (Å²) >= 11 is 6.69. The zero-order valence-electron chi connectivity index (χ0n) is 17.9. The quantitative estimate of drug-likeness (QED) is 0.416. The molecule has 9 heteroatoms. The molecule has 5 rings (SSSR count). The molecule has 166 valence electrons. The SMILES string of the molecule is CN/N=C\c1cccc(C)c1-c1c(Cl)cc2c(N3CC4CCC(C3)N4)nc(=O)[nH]c2c1F. The molecule has 2 fully saturated rings. The average Bonchev–Trinajstić information content (AvgIpc) is 3.11. The lowest BCUT2D eigenvalue weighted by Gasteiger charge is -2.34. The molecule has 2 aliphatic heterocycles. The van der Waals surface area contributed by atoms with Crippen molar-refractivity contribution in [1.29, 1.82) is 0 Å². The number of hydrogen-bond donors (Lipinski definition) is 3. The van der Waals surface area contributed by atoms with E-state index in [9.17, 15) is 4.79 Å². The van der Waals surface area contributed by atoms with Crippen LogP contribution in [0.3, 0.4) is 0 Å². The molecule has 0 amide bonds. The van der Waals surface area contributed by atoms with E-state index in [1.165, 1.54) is 0 Å². The van der Waals surface area contributed by atoms with E-state index >= 15 is 4.39 Å². The van der Waals surface area contributed by atoms with E-state index in [4.69, 9.17) is 11.6 Å². The summed E-state index contributed by atoms with van der Waals surface area (Å²) in [6.07, 6.45) is 3.80. The third-order valence-electron chi connectivity index (χ3n) is 6.30. The smallest absolute Gasteiger partial charge is 0.347 e. The van der Waals surface area contributed by atoms with Crippen molar-refractivity contribution in [2.75, 3.05) is 25.0 Å². The number of hydrogen-bond acceptors (Lipinski definition) is 6. The van der Waals surface area contributed by atoms with Gasteiger partial charge in [-0.25, -0.2) is 9.18 Å². The van der Waals surface area contributed by atoms with E-state index in [1.807, 2.05) is 25.1 Å². The molecule has 2 aromatic carbocycles. The highest BCUT2D eigenvalue weighted by molar-refractivity contribution is 6.34. The Morgan fingerprint density at radius 2 is 2.03 bits per heavy atom. The molecule has 3 aromatic rings. The number of halogens is 2. The first kappa shape index (κ1) is 20.9. The van der Waals surface area contributed by atoms with Crippen LogP contribution in [0.5, 0.6) is 0 Å². The van der Waals surface area contributed by atoms with Crippen LogP contribution in [0.2, 0.25) is 5.02 Å². The summed E-state index contributed by atoms with van der Waals surface area (Å²) in [7, 11) is 1.69. The fourth-order valence-corrected chi connectivity index (χ4v) is 5.21. The first-order valence-electron chi connectivity index (χ1n) is 10.7. The van der Waals surface area contributed by atoms with Gasteiger partial charge in [0.1, 0.15) is 5.82 Å². The van der Waals surface area contributed by atoms with Crippen LogP contribution in [0.25, 0.3) is 22.0 Å². The maximum Gasteiger partial charge on any atom is 0.347 e. The van der Waals surface area contributed by atoms with Gasteiger partial charge in [-0.2, -0.15) is 10.1 Å². The second-order valence-electron chi connectivity index (χ2n) is 8.40. The van der Waals surface area contributed by atoms with Gasteiger partial charge in [0.2, 0.25) is 0 Å². The number of aromatic amines is 1. The van der Waals surface area contributed by atoms with Gasteiger partial charge in [-0.15, -0.1) is 0 Å². The lowest BCUT2D eigenvalue weighted by Crippen LogP contribution is -2.51. The number of rotatable bonds is 4. The fraction of sp³-hybridized carbons (Fsp3) is 0.348. The molecule has 0 aliphatic carbocycles. The van der Waals surface area contributed by atoms with Crippen LogP contribution in [0.1, 0.15) is 24.0 Å². The first-order valence-corrected chi connectivity index (χ1v) is 11.1. The molecule has 2 unspecified atom stereocenters. The third-order valence-corrected chi connectivity index (χ3v) is 6.60. The second kappa shape index (κ2) is 8.18. The van der Waals surface area contributed by atoms with Crippen LogP contribution in [0.4, 0.5) is 10.2 Å². The van der Waals surface area contributed by atoms with Crippen LogP contribution < -0.4 is 21.3 Å². The minimum atomic E-state index is -0.577. The number of nitrogens with zero attached hydrogens (tertiary/aromatic N) is 3. The van der Waals surface area contributed by atoms with Gasteiger partial charge in [-0.1, -0.05) is 29.8 Å². The topological polar surface area (TPSA) is 85.4 Å². The number of anilines is 1. The van der Waals surface area contributed by atoms with E-state index in [2.05, 4.69) is 30.7 Å². The van der Waals surface area contributed by atoms with Gasteiger partial charge in [-0.05, 0) is 37.0 Å². The third kappa shape index (κ3) is 3.53. The summed E-state index contributed by atoms with van der Waals surface area (Å²) in [6, 6.07) is 8.04. The highest BCUT2D eigenvalue weighted by Crippen LogP contribution is 2.40. The van der Waals surface area contributed by atoms with Crippen molar-refractivity contribution in [2.45, 2.75) is 31.8 Å². The summed E-state index contributed by atoms with van der Waals surface area (Å²) in [5.41, 5.74) is 4.69. The number of aryl methyl sites for hydroxylation is 1. The van der Waals surface area contributed by atoms with Crippen LogP contribution in [0, 0.1) is 12.7 Å². The van der Waals surface area contributed by atoms with Crippen molar-refractivity contribution >= 4 is 34.5 Å². The zero-order valence-corrected chi connectivity index (χ0v) is 18.6. The summed E-state index contributed by atoms with van der Waals surface area (Å²) in [5, 5.41) is 8.41. The molecule has 32 heavy (non-hydrogen) atoms. The monoisotopic (exact) mass is 454 g/mol. The van der Waals surface area contributed by atoms with Crippen molar-refractivity contribution in [3.8, 4) is 11.1 Å². The number of nitrogens with one attached hydrogen (secondary N) is 3. The molecule has 0 saturated carbocycles. The summed E-state index contributed by atoms with van der Waals surface area (Å²) < 4.78 is 16.0. The summed E-state index contributed by atoms with van der Waals surface area (Å²) in [4.78, 5) is 21.3. The van der Waals surface area contributed by atoms with Crippen molar-refractivity contribution in [3.05, 3.63) is 56.7 Å². The lowest BCUT2D eigenvalue weighted by molar-refractivity contribution is 0.464. The van der Waals surface area contributed by atoms with Gasteiger partial charge < -0.3 is 20.6 Å². The number of benzene rings is 2. The predicted molar refractivity (Wildman–Crippen MR) is 126 cm³/mol. The van der Waals surface area contributed by atoms with Gasteiger partial charge >= 0.3 is 5.69 Å². The highest BCUT2D eigenvalue weighted by atomic mass is 35.5. The standard InChI is InChI=1S/C23H24ClFN6O/c1-12-4-3-5-13(9-27-26-2)18(12)19-17(24)8-16-21(20(19)25)29-23(32)30-22(16)31-10-14-6-7-15(11-31)28-14/h3-5,8-9,14-15,26,28H,6-7,10-11H2,1-2H3,(H,29,30,32)/b27-9-. The fourth-order valence-electron chi connectivity index (χ4n) is 4.92. The highest BCUT2D eigenvalue weighted by Gasteiger charge is 2.34. The molecule has 1 aromatic heterocycles. The number of piperazine rings is 1. The summed E-state index contributed by atoms with van der Waals surface area (Å²) in [5.74, 6) is -0.0870. The molecule has 7 nitrogen and oxygen atoms in total. The molecular weight excluding hydrogens is 431 g/mol. The number of fused-ring (bicyclic) bond motifs is 3. The molecule has 0 radical (unpaired) electrons. The maximum absolute atomic E-state index is 16.0. The second-order valence-corrected chi connectivity index (χ2v) is 8.81. The van der Waals surface area contributed by atoms with Crippen molar-refractivity contribution in [2.24, 2.45) is 5.10 Å². The van der Waals surface area contributed by atoms with Crippen molar-refractivity contribution in [3.63, 3.8) is 0 Å². The van der Waals surface area contributed by atoms with Crippen molar-refractivity contribution in [1.82, 2.24) is 20.7 Å². The predicted octanol–water partition coefficient (Wildman–Crippen LogP) is 3.18. The Bertz CT molecular complexity index is 1280. The number of hydrazone groups is 1. The summed E-state index contributed by atoms with van der Waals surface area (Å²) in [6.45, 7) is 3.35. The van der Waals surface area contributed by atoms with Gasteiger partial charge in [-0.3, -0.25) is 0 Å². The maximum atomic E-state index is 16.0. The van der Waals surface area contributed by atoms with Crippen LogP contribution in [0.15, 0.2) is 34.2 Å². The Balaban J connectivity index is 1.72. The molecule has 2 saturated heterocycles. The average molecular weight is 455 g/mol. The minimum Gasteiger partial charge on any atom is -0.353 e. The van der Waals surface area contributed by atoms with Crippen LogP contribution >= 0.6 is 11.6 Å². The zero-order chi connectivity index (χ0) is 22.4. The minimum absolute atomic E-state index is 0.116. The van der Waals surface area contributed by atoms with Gasteiger partial charge in [0.15, 0.2) is 5.82 Å². The molecule has 2 atom stereocenters. The van der Waals surface area contributed by atoms with E-state index in [-0.39, 0.29) is 16.1 Å². The largest absolute Gasteiger partial charge is 0.353 e. The van der Waals surface area contributed by atoms with E-state index in [0.717, 1.165) is 37.1 Å². The van der Waals surface area contributed by atoms with E-state index in [1.54, 1.807) is 19.3 Å². The Kier molecular flexibility index (Phi) is 5.35. The first-order chi connectivity index (χ1) is 15.5. The molecule has 2 aliphatic rings. The van der Waals surface area contributed by atoms with Crippen LogP contribution in [-0.2, 0) is 0 Å². The van der Waals surface area contributed by atoms with Crippen molar-refractivity contribution < 1.29 is 4.39 Å². The normalized spacial score (nSPS) is 20.4. The van der Waals surface area contributed by atoms with Gasteiger partial charge in [0.25, 0.3) is 0 Å². The Labute approximate surface area is 189 Å². The molecule has 3 heterocycles. The molecule has 2 bridgehead atoms. The Hall–Kier alpha value is -2.97. The van der Waals surface area contributed by atoms with E-state index < -0.39 is 11.5 Å².